The summed E-state index contributed by atoms with van der Waals surface area (Å²) in [5.41, 5.74) is 0.815. The number of anilines is 3. The number of nitrogens with one attached hydrogen (secondary N) is 2. The summed E-state index contributed by atoms with van der Waals surface area (Å²) in [5.74, 6) is 2.14. The summed E-state index contributed by atoms with van der Waals surface area (Å²) >= 11 is 6.12. The lowest BCUT2D eigenvalue weighted by Gasteiger charge is -2.10. The summed E-state index contributed by atoms with van der Waals surface area (Å²) in [5, 5.41) is 7.02. The molecule has 106 valence electrons. The van der Waals surface area contributed by atoms with Crippen molar-refractivity contribution in [2.24, 2.45) is 0 Å². The van der Waals surface area contributed by atoms with Crippen molar-refractivity contribution in [3.63, 3.8) is 0 Å². The van der Waals surface area contributed by atoms with Gasteiger partial charge in [-0.25, -0.2) is 9.97 Å². The van der Waals surface area contributed by atoms with E-state index in [1.54, 1.807) is 7.11 Å². The number of aryl methyl sites for hydroxylation is 1. The molecule has 0 fully saturated rings. The second-order valence-corrected chi connectivity index (χ2v) is 4.62. The van der Waals surface area contributed by atoms with Gasteiger partial charge in [-0.2, -0.15) is 0 Å². The molecule has 0 aliphatic carbocycles. The van der Waals surface area contributed by atoms with Crippen LogP contribution in [0.4, 0.5) is 17.3 Å². The van der Waals surface area contributed by atoms with Gasteiger partial charge < -0.3 is 15.4 Å². The molecule has 0 spiro atoms. The number of benzene rings is 1. The minimum atomic E-state index is 0.621. The molecule has 1 heterocycles. The molecule has 0 aliphatic heterocycles. The Hall–Kier alpha value is -1.85. The van der Waals surface area contributed by atoms with Crippen molar-refractivity contribution in [2.45, 2.75) is 6.92 Å². The Kier molecular flexibility index (Phi) is 5.15. The van der Waals surface area contributed by atoms with Gasteiger partial charge in [0.2, 0.25) is 0 Å². The molecule has 0 unspecified atom stereocenters. The fourth-order valence-corrected chi connectivity index (χ4v) is 1.89. The van der Waals surface area contributed by atoms with E-state index >= 15 is 0 Å². The number of hydrogen-bond donors (Lipinski definition) is 2. The van der Waals surface area contributed by atoms with Gasteiger partial charge >= 0.3 is 0 Å². The maximum atomic E-state index is 6.12. The highest BCUT2D eigenvalue weighted by Crippen LogP contribution is 2.24. The number of hydrogen-bond acceptors (Lipinski definition) is 5. The van der Waals surface area contributed by atoms with Crippen molar-refractivity contribution in [1.29, 1.82) is 0 Å². The number of ether oxygens (including phenoxy) is 1. The number of halogens is 1. The van der Waals surface area contributed by atoms with Crippen molar-refractivity contribution >= 4 is 28.9 Å². The van der Waals surface area contributed by atoms with Crippen LogP contribution < -0.4 is 10.6 Å². The first-order valence-corrected chi connectivity index (χ1v) is 6.67. The van der Waals surface area contributed by atoms with Crippen LogP contribution >= 0.6 is 11.6 Å². The predicted molar refractivity (Wildman–Crippen MR) is 81.9 cm³/mol. The molecule has 0 atom stereocenters. The molecule has 0 aliphatic rings. The van der Waals surface area contributed by atoms with E-state index in [-0.39, 0.29) is 0 Å². The van der Waals surface area contributed by atoms with Gasteiger partial charge in [-0.15, -0.1) is 0 Å². The largest absolute Gasteiger partial charge is 0.383 e. The van der Waals surface area contributed by atoms with E-state index in [2.05, 4.69) is 20.6 Å². The van der Waals surface area contributed by atoms with Crippen LogP contribution in [0.1, 0.15) is 5.82 Å². The fourth-order valence-electron chi connectivity index (χ4n) is 1.70. The molecular weight excluding hydrogens is 276 g/mol. The number of methoxy groups -OCH3 is 1. The van der Waals surface area contributed by atoms with Crippen LogP contribution in [0.25, 0.3) is 0 Å². The lowest BCUT2D eigenvalue weighted by atomic mass is 10.3. The zero-order valence-corrected chi connectivity index (χ0v) is 12.2. The quantitative estimate of drug-likeness (QED) is 0.801. The van der Waals surface area contributed by atoms with Gasteiger partial charge in [0.25, 0.3) is 0 Å². The molecule has 0 bridgehead atoms. The molecular formula is C14H17ClN4O. The van der Waals surface area contributed by atoms with Crippen molar-refractivity contribution in [2.75, 3.05) is 30.9 Å². The maximum Gasteiger partial charge on any atom is 0.136 e. The van der Waals surface area contributed by atoms with Crippen molar-refractivity contribution in [3.05, 3.63) is 41.2 Å². The Morgan fingerprint density at radius 1 is 1.20 bits per heavy atom. The molecule has 5 nitrogen and oxygen atoms in total. The van der Waals surface area contributed by atoms with Gasteiger partial charge in [0.05, 0.1) is 17.3 Å². The molecule has 0 amide bonds. The molecule has 0 saturated carbocycles. The van der Waals surface area contributed by atoms with Gasteiger partial charge in [-0.3, -0.25) is 0 Å². The number of nitrogens with zero attached hydrogens (tertiary/aromatic N) is 2. The summed E-state index contributed by atoms with van der Waals surface area (Å²) in [4.78, 5) is 8.67. The van der Waals surface area contributed by atoms with E-state index in [1.165, 1.54) is 0 Å². The van der Waals surface area contributed by atoms with Crippen LogP contribution in [0, 0.1) is 6.92 Å². The minimum Gasteiger partial charge on any atom is -0.383 e. The number of para-hydroxylation sites is 1. The van der Waals surface area contributed by atoms with E-state index in [1.807, 2.05) is 37.3 Å². The Labute approximate surface area is 123 Å². The van der Waals surface area contributed by atoms with Crippen LogP contribution in [0.2, 0.25) is 5.02 Å². The zero-order chi connectivity index (χ0) is 14.4. The SMILES string of the molecule is COCCNc1cc(Nc2ccccc2Cl)nc(C)n1. The second kappa shape index (κ2) is 7.07. The Morgan fingerprint density at radius 2 is 1.95 bits per heavy atom. The highest BCUT2D eigenvalue weighted by atomic mass is 35.5. The molecule has 0 radical (unpaired) electrons. The number of aromatic nitrogens is 2. The standard InChI is InChI=1S/C14H17ClN4O/c1-10-17-13(16-7-8-20-2)9-14(18-10)19-12-6-4-3-5-11(12)15/h3-6,9H,7-8H2,1-2H3,(H2,16,17,18,19). The molecule has 0 saturated heterocycles. The lowest BCUT2D eigenvalue weighted by Crippen LogP contribution is -2.10. The molecule has 1 aromatic heterocycles. The average Bonchev–Trinajstić information content (AvgIpc) is 2.41. The van der Waals surface area contributed by atoms with E-state index in [0.717, 1.165) is 11.5 Å². The zero-order valence-electron chi connectivity index (χ0n) is 11.5. The summed E-state index contributed by atoms with van der Waals surface area (Å²) in [7, 11) is 1.66. The second-order valence-electron chi connectivity index (χ2n) is 4.21. The summed E-state index contributed by atoms with van der Waals surface area (Å²) in [6, 6.07) is 9.37. The Morgan fingerprint density at radius 3 is 2.70 bits per heavy atom. The molecule has 2 N–H and O–H groups in total. The third-order valence-corrected chi connectivity index (χ3v) is 2.92. The van der Waals surface area contributed by atoms with Crippen LogP contribution in [0.3, 0.4) is 0 Å². The van der Waals surface area contributed by atoms with Crippen molar-refractivity contribution < 1.29 is 4.74 Å². The maximum absolute atomic E-state index is 6.12. The Balaban J connectivity index is 2.13. The van der Waals surface area contributed by atoms with E-state index < -0.39 is 0 Å². The van der Waals surface area contributed by atoms with Crippen LogP contribution in [0.15, 0.2) is 30.3 Å². The predicted octanol–water partition coefficient (Wildman–Crippen LogP) is 3.24. The highest BCUT2D eigenvalue weighted by molar-refractivity contribution is 6.33. The van der Waals surface area contributed by atoms with Gasteiger partial charge in [-0.05, 0) is 19.1 Å². The van der Waals surface area contributed by atoms with Crippen LogP contribution in [-0.2, 0) is 4.74 Å². The van der Waals surface area contributed by atoms with Gasteiger partial charge in [0.1, 0.15) is 17.5 Å². The Bertz CT molecular complexity index is 577. The smallest absolute Gasteiger partial charge is 0.136 e. The van der Waals surface area contributed by atoms with E-state index in [4.69, 9.17) is 16.3 Å². The minimum absolute atomic E-state index is 0.621. The third-order valence-electron chi connectivity index (χ3n) is 2.59. The number of rotatable bonds is 6. The van der Waals surface area contributed by atoms with E-state index in [0.29, 0.717) is 29.8 Å². The molecule has 2 aromatic rings. The highest BCUT2D eigenvalue weighted by Gasteiger charge is 2.04. The first-order valence-electron chi connectivity index (χ1n) is 6.29. The normalized spacial score (nSPS) is 10.3. The monoisotopic (exact) mass is 292 g/mol. The first kappa shape index (κ1) is 14.6. The van der Waals surface area contributed by atoms with Crippen LogP contribution in [0.5, 0.6) is 0 Å². The van der Waals surface area contributed by atoms with Crippen molar-refractivity contribution in [1.82, 2.24) is 9.97 Å². The topological polar surface area (TPSA) is 59.1 Å². The third kappa shape index (κ3) is 4.08. The van der Waals surface area contributed by atoms with Gasteiger partial charge in [-0.1, -0.05) is 23.7 Å². The van der Waals surface area contributed by atoms with Gasteiger partial charge in [0, 0.05) is 19.7 Å². The van der Waals surface area contributed by atoms with Gasteiger partial charge in [0.15, 0.2) is 0 Å². The molecule has 6 heteroatoms. The molecule has 1 aromatic carbocycles. The van der Waals surface area contributed by atoms with Crippen molar-refractivity contribution in [3.8, 4) is 0 Å². The molecule has 2 rings (SSSR count). The first-order chi connectivity index (χ1) is 9.69. The summed E-state index contributed by atoms with van der Waals surface area (Å²) in [6.07, 6.45) is 0. The van der Waals surface area contributed by atoms with Crippen LogP contribution in [-0.4, -0.2) is 30.2 Å². The molecule has 20 heavy (non-hydrogen) atoms. The van der Waals surface area contributed by atoms with E-state index in [9.17, 15) is 0 Å². The lowest BCUT2D eigenvalue weighted by molar-refractivity contribution is 0.210. The summed E-state index contributed by atoms with van der Waals surface area (Å²) < 4.78 is 5.00. The fraction of sp³-hybridized carbons (Fsp3) is 0.286. The summed E-state index contributed by atoms with van der Waals surface area (Å²) in [6.45, 7) is 3.16. The average molecular weight is 293 g/mol.